The maximum absolute atomic E-state index is 12.7. The van der Waals surface area contributed by atoms with Crippen molar-refractivity contribution >= 4 is 11.6 Å². The number of carbonyl (C=O) groups excluding carboxylic acids is 1. The van der Waals surface area contributed by atoms with Crippen LogP contribution in [0.25, 0.3) is 0 Å². The lowest BCUT2D eigenvalue weighted by atomic mass is 9.92. The molecule has 2 N–H and O–H groups in total. The largest absolute Gasteiger partial charge is 0.488 e. The van der Waals surface area contributed by atoms with Crippen molar-refractivity contribution in [2.75, 3.05) is 18.4 Å². The van der Waals surface area contributed by atoms with E-state index in [0.29, 0.717) is 6.10 Å². The Morgan fingerprint density at radius 3 is 2.70 bits per heavy atom. The topological polar surface area (TPSA) is 50.4 Å². The first-order valence-corrected chi connectivity index (χ1v) is 9.04. The molecule has 2 saturated carbocycles. The third kappa shape index (κ3) is 3.09. The SMILES string of the molecule is O=C(Nc1ccccc1OC1CCCC1)C1CC12CCNCC2. The molecule has 23 heavy (non-hydrogen) atoms. The molecule has 1 atom stereocenters. The van der Waals surface area contributed by atoms with Crippen LogP contribution in [0.2, 0.25) is 0 Å². The molecule has 1 unspecified atom stereocenters. The minimum absolute atomic E-state index is 0.175. The van der Waals surface area contributed by atoms with Gasteiger partial charge in [0.2, 0.25) is 5.91 Å². The van der Waals surface area contributed by atoms with Crippen LogP contribution in [0.4, 0.5) is 5.69 Å². The Bertz CT molecular complexity index is 574. The van der Waals surface area contributed by atoms with Crippen LogP contribution >= 0.6 is 0 Å². The van der Waals surface area contributed by atoms with E-state index in [1.165, 1.54) is 12.8 Å². The monoisotopic (exact) mass is 314 g/mol. The van der Waals surface area contributed by atoms with Crippen molar-refractivity contribution < 1.29 is 9.53 Å². The predicted octanol–water partition coefficient (Wildman–Crippen LogP) is 3.34. The molecule has 1 spiro atoms. The summed E-state index contributed by atoms with van der Waals surface area (Å²) >= 11 is 0. The highest BCUT2D eigenvalue weighted by atomic mass is 16.5. The maximum atomic E-state index is 12.7. The second kappa shape index (κ2) is 6.16. The molecule has 0 radical (unpaired) electrons. The predicted molar refractivity (Wildman–Crippen MR) is 90.6 cm³/mol. The molecular formula is C19H26N2O2. The second-order valence-corrected chi connectivity index (χ2v) is 7.38. The number of anilines is 1. The summed E-state index contributed by atoms with van der Waals surface area (Å²) in [7, 11) is 0. The second-order valence-electron chi connectivity index (χ2n) is 7.38. The van der Waals surface area contributed by atoms with Crippen molar-refractivity contribution in [2.45, 2.75) is 51.0 Å². The summed E-state index contributed by atoms with van der Waals surface area (Å²) in [5.41, 5.74) is 1.11. The Labute approximate surface area is 138 Å². The number of piperidine rings is 1. The number of rotatable bonds is 4. The third-order valence-electron chi connectivity index (χ3n) is 5.85. The summed E-state index contributed by atoms with van der Waals surface area (Å²) in [6, 6.07) is 7.87. The van der Waals surface area contributed by atoms with Gasteiger partial charge >= 0.3 is 0 Å². The van der Waals surface area contributed by atoms with E-state index in [0.717, 1.165) is 56.6 Å². The van der Waals surface area contributed by atoms with Crippen molar-refractivity contribution in [3.05, 3.63) is 24.3 Å². The molecule has 2 aliphatic carbocycles. The first-order valence-electron chi connectivity index (χ1n) is 9.04. The van der Waals surface area contributed by atoms with Gasteiger partial charge in [-0.25, -0.2) is 0 Å². The molecule has 4 rings (SSSR count). The number of ether oxygens (including phenoxy) is 1. The van der Waals surface area contributed by atoms with Gasteiger partial charge in [0, 0.05) is 5.92 Å². The van der Waals surface area contributed by atoms with Gasteiger partial charge in [0.25, 0.3) is 0 Å². The van der Waals surface area contributed by atoms with Crippen LogP contribution in [-0.4, -0.2) is 25.1 Å². The van der Waals surface area contributed by atoms with Crippen molar-refractivity contribution in [1.82, 2.24) is 5.32 Å². The first kappa shape index (κ1) is 15.0. The third-order valence-corrected chi connectivity index (χ3v) is 5.85. The van der Waals surface area contributed by atoms with Crippen molar-refractivity contribution in [2.24, 2.45) is 11.3 Å². The molecule has 1 aromatic carbocycles. The van der Waals surface area contributed by atoms with E-state index < -0.39 is 0 Å². The van der Waals surface area contributed by atoms with Gasteiger partial charge in [-0.3, -0.25) is 4.79 Å². The highest BCUT2D eigenvalue weighted by molar-refractivity contribution is 5.96. The highest BCUT2D eigenvalue weighted by Gasteiger charge is 2.57. The molecule has 1 heterocycles. The molecule has 1 amide bonds. The van der Waals surface area contributed by atoms with E-state index in [1.807, 2.05) is 24.3 Å². The molecule has 3 fully saturated rings. The fourth-order valence-corrected chi connectivity index (χ4v) is 4.27. The summed E-state index contributed by atoms with van der Waals surface area (Å²) in [5, 5.41) is 6.52. The van der Waals surface area contributed by atoms with Gasteiger partial charge in [-0.2, -0.15) is 0 Å². The molecule has 0 bridgehead atoms. The van der Waals surface area contributed by atoms with Crippen LogP contribution in [0.15, 0.2) is 24.3 Å². The fraction of sp³-hybridized carbons (Fsp3) is 0.632. The fourth-order valence-electron chi connectivity index (χ4n) is 4.27. The summed E-state index contributed by atoms with van der Waals surface area (Å²) in [5.74, 6) is 1.19. The average Bonchev–Trinajstić information content (AvgIpc) is 3.02. The molecule has 124 valence electrons. The average molecular weight is 314 g/mol. The molecule has 1 aromatic rings. The first-order chi connectivity index (χ1) is 11.3. The zero-order chi connectivity index (χ0) is 15.7. The zero-order valence-corrected chi connectivity index (χ0v) is 13.6. The summed E-state index contributed by atoms with van der Waals surface area (Å²) in [6.45, 7) is 2.09. The van der Waals surface area contributed by atoms with Crippen LogP contribution in [0, 0.1) is 11.3 Å². The lowest BCUT2D eigenvalue weighted by molar-refractivity contribution is -0.118. The van der Waals surface area contributed by atoms with Crippen molar-refractivity contribution in [1.29, 1.82) is 0 Å². The van der Waals surface area contributed by atoms with Gasteiger partial charge in [0.15, 0.2) is 0 Å². The molecule has 0 aromatic heterocycles. The van der Waals surface area contributed by atoms with Gasteiger partial charge in [-0.05, 0) is 75.6 Å². The standard InChI is InChI=1S/C19H26N2O2/c22-18(15-13-19(15)9-11-20-12-10-19)21-16-7-3-4-8-17(16)23-14-5-1-2-6-14/h3-4,7-8,14-15,20H,1-2,5-6,9-13H2,(H,21,22). The van der Waals surface area contributed by atoms with E-state index in [4.69, 9.17) is 4.74 Å². The van der Waals surface area contributed by atoms with Crippen molar-refractivity contribution in [3.63, 3.8) is 0 Å². The minimum atomic E-state index is 0.175. The van der Waals surface area contributed by atoms with Gasteiger partial charge in [-0.15, -0.1) is 0 Å². The van der Waals surface area contributed by atoms with Crippen molar-refractivity contribution in [3.8, 4) is 5.75 Å². The Hall–Kier alpha value is -1.55. The van der Waals surface area contributed by atoms with E-state index in [9.17, 15) is 4.79 Å². The molecule has 4 nitrogen and oxygen atoms in total. The van der Waals surface area contributed by atoms with E-state index in [1.54, 1.807) is 0 Å². The lowest BCUT2D eigenvalue weighted by Crippen LogP contribution is -2.31. The summed E-state index contributed by atoms with van der Waals surface area (Å²) < 4.78 is 6.12. The molecule has 1 saturated heterocycles. The minimum Gasteiger partial charge on any atom is -0.488 e. The number of benzene rings is 1. The number of para-hydroxylation sites is 2. The van der Waals surface area contributed by atoms with Crippen LogP contribution in [0.5, 0.6) is 5.75 Å². The quantitative estimate of drug-likeness (QED) is 0.896. The normalized spacial score (nSPS) is 26.2. The van der Waals surface area contributed by atoms with Gasteiger partial charge in [0.1, 0.15) is 5.75 Å². The Balaban J connectivity index is 1.41. The van der Waals surface area contributed by atoms with E-state index >= 15 is 0 Å². The van der Waals surface area contributed by atoms with E-state index in [-0.39, 0.29) is 17.2 Å². The van der Waals surface area contributed by atoms with Crippen LogP contribution in [0.1, 0.15) is 44.9 Å². The van der Waals surface area contributed by atoms with Gasteiger partial charge in [0.05, 0.1) is 11.8 Å². The maximum Gasteiger partial charge on any atom is 0.228 e. The number of hydrogen-bond acceptors (Lipinski definition) is 3. The molecule has 3 aliphatic rings. The van der Waals surface area contributed by atoms with E-state index in [2.05, 4.69) is 10.6 Å². The van der Waals surface area contributed by atoms with Gasteiger partial charge in [-0.1, -0.05) is 12.1 Å². The van der Waals surface area contributed by atoms with Gasteiger partial charge < -0.3 is 15.4 Å². The van der Waals surface area contributed by atoms with Crippen LogP contribution < -0.4 is 15.4 Å². The molecule has 4 heteroatoms. The smallest absolute Gasteiger partial charge is 0.228 e. The lowest BCUT2D eigenvalue weighted by Gasteiger charge is -2.23. The summed E-state index contributed by atoms with van der Waals surface area (Å²) in [6.07, 6.45) is 8.37. The summed E-state index contributed by atoms with van der Waals surface area (Å²) in [4.78, 5) is 12.7. The highest BCUT2D eigenvalue weighted by Crippen LogP contribution is 2.58. The number of carbonyl (C=O) groups is 1. The zero-order valence-electron chi connectivity index (χ0n) is 13.6. The molecular weight excluding hydrogens is 288 g/mol. The Morgan fingerprint density at radius 1 is 1.17 bits per heavy atom. The van der Waals surface area contributed by atoms with Crippen LogP contribution in [-0.2, 0) is 4.79 Å². The number of amides is 1. The van der Waals surface area contributed by atoms with Crippen LogP contribution in [0.3, 0.4) is 0 Å². The molecule has 1 aliphatic heterocycles. The number of hydrogen-bond donors (Lipinski definition) is 2. The Kier molecular flexibility index (Phi) is 4.02. The Morgan fingerprint density at radius 2 is 1.91 bits per heavy atom. The number of nitrogens with one attached hydrogen (secondary N) is 2.